The van der Waals surface area contributed by atoms with Crippen LogP contribution >= 0.6 is 0 Å². The van der Waals surface area contributed by atoms with Crippen LogP contribution in [0.25, 0.3) is 0 Å². The highest BCUT2D eigenvalue weighted by atomic mass is 16.5. The van der Waals surface area contributed by atoms with Gasteiger partial charge < -0.3 is 10.1 Å². The van der Waals surface area contributed by atoms with Gasteiger partial charge >= 0.3 is 0 Å². The van der Waals surface area contributed by atoms with Crippen molar-refractivity contribution in [2.45, 2.75) is 45.1 Å². The van der Waals surface area contributed by atoms with E-state index in [2.05, 4.69) is 36.5 Å². The van der Waals surface area contributed by atoms with Gasteiger partial charge in [0.15, 0.2) is 0 Å². The van der Waals surface area contributed by atoms with E-state index in [1.54, 1.807) is 11.1 Å². The molecule has 1 aliphatic carbocycles. The second-order valence-electron chi connectivity index (χ2n) is 6.39. The Hall–Kier alpha value is -0.860. The van der Waals surface area contributed by atoms with Gasteiger partial charge in [0.2, 0.25) is 0 Å². The number of fused-ring (bicyclic) bond motifs is 1. The molecule has 2 heteroatoms. The Morgan fingerprint density at radius 2 is 2.00 bits per heavy atom. The highest BCUT2D eigenvalue weighted by Gasteiger charge is 2.33. The Bertz CT molecular complexity index is 425. The van der Waals surface area contributed by atoms with Crippen LogP contribution in [-0.4, -0.2) is 19.8 Å². The monoisotopic (exact) mass is 273 g/mol. The van der Waals surface area contributed by atoms with Gasteiger partial charge in [0.05, 0.1) is 0 Å². The molecule has 0 radical (unpaired) electrons. The third-order valence-corrected chi connectivity index (χ3v) is 4.93. The molecule has 1 aliphatic heterocycles. The summed E-state index contributed by atoms with van der Waals surface area (Å²) in [6.07, 6.45) is 6.34. The number of hydrogen-bond acceptors (Lipinski definition) is 2. The maximum atomic E-state index is 5.50. The molecule has 1 saturated heterocycles. The molecule has 1 aromatic carbocycles. The van der Waals surface area contributed by atoms with Crippen LogP contribution in [0.15, 0.2) is 24.3 Å². The average Bonchev–Trinajstić information content (AvgIpc) is 2.83. The lowest BCUT2D eigenvalue weighted by Crippen LogP contribution is -2.28. The van der Waals surface area contributed by atoms with Crippen LogP contribution in [0, 0.1) is 11.8 Å². The standard InChI is InChI=1S/C18H27NO/c1-2-9-19-18-16(12-14-7-10-20-11-8-14)13-15-5-3-4-6-17(15)18/h3-6,14,16,18-19H,2,7-13H2,1H3. The SMILES string of the molecule is CCCNC1c2ccccc2CC1CC1CCOCC1. The maximum Gasteiger partial charge on any atom is 0.0468 e. The third kappa shape index (κ3) is 3.07. The molecule has 2 unspecified atom stereocenters. The zero-order chi connectivity index (χ0) is 13.8. The molecule has 1 fully saturated rings. The molecule has 1 N–H and O–H groups in total. The fourth-order valence-corrected chi connectivity index (χ4v) is 3.88. The van der Waals surface area contributed by atoms with Gasteiger partial charge in [0.1, 0.15) is 0 Å². The number of ether oxygens (including phenoxy) is 1. The smallest absolute Gasteiger partial charge is 0.0468 e. The number of nitrogens with one attached hydrogen (secondary N) is 1. The third-order valence-electron chi connectivity index (χ3n) is 4.93. The van der Waals surface area contributed by atoms with Crippen molar-refractivity contribution in [1.29, 1.82) is 0 Å². The predicted octanol–water partition coefficient (Wildman–Crippen LogP) is 3.72. The second kappa shape index (κ2) is 6.73. The lowest BCUT2D eigenvalue weighted by atomic mass is 9.85. The van der Waals surface area contributed by atoms with Crippen LogP contribution in [-0.2, 0) is 11.2 Å². The van der Waals surface area contributed by atoms with E-state index < -0.39 is 0 Å². The molecule has 2 aliphatic rings. The van der Waals surface area contributed by atoms with Crippen molar-refractivity contribution in [2.75, 3.05) is 19.8 Å². The van der Waals surface area contributed by atoms with Gasteiger partial charge in [-0.25, -0.2) is 0 Å². The summed E-state index contributed by atoms with van der Waals surface area (Å²) in [6.45, 7) is 5.32. The summed E-state index contributed by atoms with van der Waals surface area (Å²) in [5, 5.41) is 3.80. The molecule has 0 spiro atoms. The molecule has 110 valence electrons. The van der Waals surface area contributed by atoms with Crippen molar-refractivity contribution in [1.82, 2.24) is 5.32 Å². The summed E-state index contributed by atoms with van der Waals surface area (Å²) in [5.74, 6) is 1.65. The van der Waals surface area contributed by atoms with Crippen molar-refractivity contribution in [3.8, 4) is 0 Å². The van der Waals surface area contributed by atoms with Crippen molar-refractivity contribution in [3.63, 3.8) is 0 Å². The zero-order valence-electron chi connectivity index (χ0n) is 12.6. The van der Waals surface area contributed by atoms with Crippen LogP contribution in [0.5, 0.6) is 0 Å². The lowest BCUT2D eigenvalue weighted by Gasteiger charge is -2.28. The fourth-order valence-electron chi connectivity index (χ4n) is 3.88. The van der Waals surface area contributed by atoms with E-state index in [1.165, 1.54) is 32.1 Å². The maximum absolute atomic E-state index is 5.50. The van der Waals surface area contributed by atoms with Gasteiger partial charge in [0, 0.05) is 19.3 Å². The lowest BCUT2D eigenvalue weighted by molar-refractivity contribution is 0.0569. The Kier molecular flexibility index (Phi) is 4.74. The van der Waals surface area contributed by atoms with Gasteiger partial charge in [-0.1, -0.05) is 31.2 Å². The minimum absolute atomic E-state index is 0.578. The fraction of sp³-hybridized carbons (Fsp3) is 0.667. The first-order valence-corrected chi connectivity index (χ1v) is 8.27. The molecule has 0 aromatic heterocycles. The first-order valence-electron chi connectivity index (χ1n) is 8.27. The van der Waals surface area contributed by atoms with E-state index in [1.807, 2.05) is 0 Å². The van der Waals surface area contributed by atoms with E-state index in [4.69, 9.17) is 4.74 Å². The molecule has 3 rings (SSSR count). The highest BCUT2D eigenvalue weighted by molar-refractivity contribution is 5.35. The molecule has 2 nitrogen and oxygen atoms in total. The van der Waals surface area contributed by atoms with Gasteiger partial charge in [-0.05, 0) is 61.6 Å². The molecule has 0 amide bonds. The average molecular weight is 273 g/mol. The predicted molar refractivity (Wildman–Crippen MR) is 82.8 cm³/mol. The Morgan fingerprint density at radius 1 is 1.20 bits per heavy atom. The number of hydrogen-bond donors (Lipinski definition) is 1. The summed E-state index contributed by atoms with van der Waals surface area (Å²) in [6, 6.07) is 9.60. The van der Waals surface area contributed by atoms with E-state index in [0.717, 1.165) is 31.6 Å². The molecule has 20 heavy (non-hydrogen) atoms. The van der Waals surface area contributed by atoms with E-state index in [-0.39, 0.29) is 0 Å². The largest absolute Gasteiger partial charge is 0.381 e. The van der Waals surface area contributed by atoms with Crippen molar-refractivity contribution < 1.29 is 4.74 Å². The number of rotatable bonds is 5. The first kappa shape index (κ1) is 14.1. The van der Waals surface area contributed by atoms with Gasteiger partial charge in [-0.15, -0.1) is 0 Å². The van der Waals surface area contributed by atoms with Crippen molar-refractivity contribution >= 4 is 0 Å². The van der Waals surface area contributed by atoms with Crippen molar-refractivity contribution in [3.05, 3.63) is 35.4 Å². The van der Waals surface area contributed by atoms with E-state index >= 15 is 0 Å². The normalized spacial score (nSPS) is 26.6. The summed E-state index contributed by atoms with van der Waals surface area (Å²) in [5.41, 5.74) is 3.12. The topological polar surface area (TPSA) is 21.3 Å². The minimum atomic E-state index is 0.578. The second-order valence-corrected chi connectivity index (χ2v) is 6.39. The first-order chi connectivity index (χ1) is 9.88. The highest BCUT2D eigenvalue weighted by Crippen LogP contribution is 2.40. The van der Waals surface area contributed by atoms with E-state index in [0.29, 0.717) is 6.04 Å². The molecular weight excluding hydrogens is 246 g/mol. The Labute approximate surface area is 122 Å². The molecule has 0 saturated carbocycles. The molecule has 0 bridgehead atoms. The van der Waals surface area contributed by atoms with Crippen LogP contribution in [0.1, 0.15) is 49.8 Å². The summed E-state index contributed by atoms with van der Waals surface area (Å²) < 4.78 is 5.50. The van der Waals surface area contributed by atoms with Crippen molar-refractivity contribution in [2.24, 2.45) is 11.8 Å². The van der Waals surface area contributed by atoms with Gasteiger partial charge in [0.25, 0.3) is 0 Å². The Balaban J connectivity index is 1.69. The minimum Gasteiger partial charge on any atom is -0.381 e. The zero-order valence-corrected chi connectivity index (χ0v) is 12.6. The van der Waals surface area contributed by atoms with Crippen LogP contribution in [0.2, 0.25) is 0 Å². The molecule has 1 heterocycles. The summed E-state index contributed by atoms with van der Waals surface area (Å²) in [7, 11) is 0. The quantitative estimate of drug-likeness (QED) is 0.883. The van der Waals surface area contributed by atoms with Crippen LogP contribution in [0.3, 0.4) is 0 Å². The number of benzene rings is 1. The van der Waals surface area contributed by atoms with Crippen LogP contribution < -0.4 is 5.32 Å². The molecule has 1 aromatic rings. The molecular formula is C18H27NO. The summed E-state index contributed by atoms with van der Waals surface area (Å²) >= 11 is 0. The summed E-state index contributed by atoms with van der Waals surface area (Å²) in [4.78, 5) is 0. The molecule has 2 atom stereocenters. The Morgan fingerprint density at radius 3 is 2.80 bits per heavy atom. The van der Waals surface area contributed by atoms with Crippen LogP contribution in [0.4, 0.5) is 0 Å². The van der Waals surface area contributed by atoms with Gasteiger partial charge in [-0.3, -0.25) is 0 Å². The van der Waals surface area contributed by atoms with E-state index in [9.17, 15) is 0 Å². The van der Waals surface area contributed by atoms with Gasteiger partial charge in [-0.2, -0.15) is 0 Å².